The summed E-state index contributed by atoms with van der Waals surface area (Å²) in [7, 11) is 0. The molecule has 122 valence electrons. The molecule has 2 nitrogen and oxygen atoms in total. The second-order valence-corrected chi connectivity index (χ2v) is 7.28. The van der Waals surface area contributed by atoms with Crippen molar-refractivity contribution in [3.05, 3.63) is 60.4 Å². The first-order valence-electron chi connectivity index (χ1n) is 6.12. The Morgan fingerprint density at radius 3 is 2.26 bits per heavy atom. The zero-order chi connectivity index (χ0) is 17.0. The Morgan fingerprint density at radius 1 is 0.957 bits per heavy atom. The van der Waals surface area contributed by atoms with E-state index in [1.165, 1.54) is 6.08 Å². The summed E-state index contributed by atoms with van der Waals surface area (Å²) < 4.78 is 12.0. The van der Waals surface area contributed by atoms with Crippen LogP contribution in [0.25, 0.3) is 0 Å². The molecule has 0 N–H and O–H groups in total. The van der Waals surface area contributed by atoms with Crippen molar-refractivity contribution < 1.29 is 9.47 Å². The van der Waals surface area contributed by atoms with E-state index < -0.39 is 0 Å². The van der Waals surface area contributed by atoms with Crippen LogP contribution in [0.4, 0.5) is 0 Å². The van der Waals surface area contributed by atoms with Crippen LogP contribution in [-0.4, -0.2) is 6.61 Å². The molecule has 0 aliphatic rings. The van der Waals surface area contributed by atoms with Crippen LogP contribution in [0.1, 0.15) is 0 Å². The van der Waals surface area contributed by atoms with Crippen molar-refractivity contribution in [1.29, 1.82) is 0 Å². The molecular formula is C15H8BrCl5O2. The highest BCUT2D eigenvalue weighted by molar-refractivity contribution is 9.10. The fourth-order valence-electron chi connectivity index (χ4n) is 1.60. The molecule has 0 aliphatic heterocycles. The maximum absolute atomic E-state index is 6.20. The standard InChI is InChI=1S/C15H8BrCl5O2/c16-10-5-9(23-8-1-2-11(17)12(18)6-8)7-13(19)15(10)22-4-3-14(20)21/h1-3,5-7H,4H2. The molecule has 0 saturated heterocycles. The normalized spacial score (nSPS) is 10.3. The van der Waals surface area contributed by atoms with E-state index in [9.17, 15) is 0 Å². The van der Waals surface area contributed by atoms with Crippen LogP contribution in [-0.2, 0) is 0 Å². The topological polar surface area (TPSA) is 18.5 Å². The molecule has 0 fully saturated rings. The maximum Gasteiger partial charge on any atom is 0.152 e. The van der Waals surface area contributed by atoms with Crippen LogP contribution in [0.2, 0.25) is 15.1 Å². The molecule has 0 aromatic heterocycles. The summed E-state index contributed by atoms with van der Waals surface area (Å²) in [6.45, 7) is 0.188. The average Bonchev–Trinajstić information content (AvgIpc) is 2.45. The van der Waals surface area contributed by atoms with Crippen molar-refractivity contribution in [3.63, 3.8) is 0 Å². The van der Waals surface area contributed by atoms with E-state index >= 15 is 0 Å². The molecule has 0 aliphatic carbocycles. The van der Waals surface area contributed by atoms with E-state index in [0.717, 1.165) is 0 Å². The number of rotatable bonds is 5. The molecule has 0 spiro atoms. The Bertz CT molecular complexity index is 722. The SMILES string of the molecule is ClC(Cl)=CCOc1c(Cl)cc(Oc2ccc(Cl)c(Cl)c2)cc1Br. The zero-order valence-corrected chi connectivity index (χ0v) is 16.6. The monoisotopic (exact) mass is 474 g/mol. The van der Waals surface area contributed by atoms with E-state index in [0.29, 0.717) is 36.8 Å². The maximum atomic E-state index is 6.20. The fraction of sp³-hybridized carbons (Fsp3) is 0.0667. The Morgan fingerprint density at radius 2 is 1.65 bits per heavy atom. The molecule has 0 saturated carbocycles. The molecule has 8 heteroatoms. The van der Waals surface area contributed by atoms with Crippen molar-refractivity contribution in [1.82, 2.24) is 0 Å². The van der Waals surface area contributed by atoms with Gasteiger partial charge in [-0.25, -0.2) is 0 Å². The van der Waals surface area contributed by atoms with Crippen LogP contribution in [0, 0.1) is 0 Å². The van der Waals surface area contributed by atoms with Gasteiger partial charge in [0.2, 0.25) is 0 Å². The second-order valence-electron chi connectivity index (χ2n) is 4.20. The minimum absolute atomic E-state index is 0.122. The predicted octanol–water partition coefficient (Wildman–Crippen LogP) is 7.90. The van der Waals surface area contributed by atoms with E-state index in [2.05, 4.69) is 15.9 Å². The lowest BCUT2D eigenvalue weighted by Gasteiger charge is -2.12. The van der Waals surface area contributed by atoms with Gasteiger partial charge in [0.15, 0.2) is 5.75 Å². The highest BCUT2D eigenvalue weighted by Gasteiger charge is 2.11. The van der Waals surface area contributed by atoms with Crippen LogP contribution in [0.15, 0.2) is 45.4 Å². The summed E-state index contributed by atoms with van der Waals surface area (Å²) in [5, 5.41) is 1.22. The molecular weight excluding hydrogens is 469 g/mol. The minimum atomic E-state index is 0.122. The van der Waals surface area contributed by atoms with Crippen molar-refractivity contribution >= 4 is 73.9 Å². The van der Waals surface area contributed by atoms with Crippen molar-refractivity contribution in [2.75, 3.05) is 6.61 Å². The third-order valence-corrected chi connectivity index (χ3v) is 4.48. The Labute approximate surface area is 167 Å². The van der Waals surface area contributed by atoms with Crippen LogP contribution in [0.5, 0.6) is 17.2 Å². The highest BCUT2D eigenvalue weighted by atomic mass is 79.9. The van der Waals surface area contributed by atoms with Gasteiger partial charge in [-0.3, -0.25) is 0 Å². The molecule has 0 amide bonds. The Kier molecular flexibility index (Phi) is 7.20. The first kappa shape index (κ1) is 19.0. The largest absolute Gasteiger partial charge is 0.487 e. The molecule has 0 bridgehead atoms. The molecule has 2 aromatic rings. The number of benzene rings is 2. The van der Waals surface area contributed by atoms with Crippen molar-refractivity contribution in [2.24, 2.45) is 0 Å². The quantitative estimate of drug-likeness (QED) is 0.436. The number of hydrogen-bond donors (Lipinski definition) is 0. The summed E-state index contributed by atoms with van der Waals surface area (Å²) in [5.74, 6) is 1.51. The zero-order valence-electron chi connectivity index (χ0n) is 11.3. The van der Waals surface area contributed by atoms with Gasteiger partial charge in [0, 0.05) is 12.1 Å². The first-order chi connectivity index (χ1) is 10.9. The molecule has 0 atom stereocenters. The van der Waals surface area contributed by atoms with Gasteiger partial charge >= 0.3 is 0 Å². The molecule has 23 heavy (non-hydrogen) atoms. The van der Waals surface area contributed by atoms with E-state index in [1.807, 2.05) is 0 Å². The Balaban J connectivity index is 2.18. The third-order valence-electron chi connectivity index (χ3n) is 2.56. The second kappa shape index (κ2) is 8.70. The third kappa shape index (κ3) is 5.63. The molecule has 0 unspecified atom stereocenters. The van der Waals surface area contributed by atoms with Gasteiger partial charge in [0.05, 0.1) is 19.5 Å². The van der Waals surface area contributed by atoms with Gasteiger partial charge in [0.25, 0.3) is 0 Å². The lowest BCUT2D eigenvalue weighted by atomic mass is 10.3. The number of hydrogen-bond acceptors (Lipinski definition) is 2. The average molecular weight is 477 g/mol. The summed E-state index contributed by atoms with van der Waals surface area (Å²) in [6, 6.07) is 8.30. The van der Waals surface area contributed by atoms with Crippen molar-refractivity contribution in [2.45, 2.75) is 0 Å². The van der Waals surface area contributed by atoms with Gasteiger partial charge in [-0.05, 0) is 40.2 Å². The smallest absolute Gasteiger partial charge is 0.152 e. The van der Waals surface area contributed by atoms with Crippen LogP contribution < -0.4 is 9.47 Å². The molecule has 2 aromatic carbocycles. The van der Waals surface area contributed by atoms with E-state index in [4.69, 9.17) is 67.5 Å². The highest BCUT2D eigenvalue weighted by Crippen LogP contribution is 2.39. The van der Waals surface area contributed by atoms with Gasteiger partial charge in [-0.15, -0.1) is 0 Å². The lowest BCUT2D eigenvalue weighted by molar-refractivity contribution is 0.360. The number of halogens is 6. The Hall–Kier alpha value is -0.290. The first-order valence-corrected chi connectivity index (χ1v) is 8.81. The van der Waals surface area contributed by atoms with Crippen LogP contribution >= 0.6 is 73.9 Å². The van der Waals surface area contributed by atoms with Gasteiger partial charge in [0.1, 0.15) is 22.6 Å². The van der Waals surface area contributed by atoms with E-state index in [-0.39, 0.29) is 11.1 Å². The van der Waals surface area contributed by atoms with E-state index in [1.54, 1.807) is 30.3 Å². The van der Waals surface area contributed by atoms with Gasteiger partial charge < -0.3 is 9.47 Å². The summed E-state index contributed by atoms with van der Waals surface area (Å²) in [5.41, 5.74) is 0. The summed E-state index contributed by atoms with van der Waals surface area (Å²) >= 11 is 32.5. The summed E-state index contributed by atoms with van der Waals surface area (Å²) in [4.78, 5) is 0. The number of ether oxygens (including phenoxy) is 2. The summed E-state index contributed by atoms with van der Waals surface area (Å²) in [6.07, 6.45) is 1.51. The van der Waals surface area contributed by atoms with Crippen LogP contribution in [0.3, 0.4) is 0 Å². The predicted molar refractivity (Wildman–Crippen MR) is 101 cm³/mol. The fourth-order valence-corrected chi connectivity index (χ4v) is 2.94. The molecule has 0 radical (unpaired) electrons. The van der Waals surface area contributed by atoms with Gasteiger partial charge in [-0.2, -0.15) is 0 Å². The minimum Gasteiger partial charge on any atom is -0.487 e. The molecule has 0 heterocycles. The van der Waals surface area contributed by atoms with Crippen molar-refractivity contribution in [3.8, 4) is 17.2 Å². The lowest BCUT2D eigenvalue weighted by Crippen LogP contribution is -1.96. The van der Waals surface area contributed by atoms with Gasteiger partial charge in [-0.1, -0.05) is 58.0 Å². The molecule has 2 rings (SSSR count).